The van der Waals surface area contributed by atoms with Crippen LogP contribution in [0.1, 0.15) is 44.7 Å². The molecule has 3 heteroatoms. The van der Waals surface area contributed by atoms with Crippen molar-refractivity contribution < 1.29 is 4.79 Å². The van der Waals surface area contributed by atoms with Crippen molar-refractivity contribution in [2.45, 2.75) is 58.7 Å². The molecule has 1 aromatic carbocycles. The summed E-state index contributed by atoms with van der Waals surface area (Å²) in [5, 5.41) is 3.29. The summed E-state index contributed by atoms with van der Waals surface area (Å²) in [5.74, 6) is 0.211. The lowest BCUT2D eigenvalue weighted by molar-refractivity contribution is -0.131. The van der Waals surface area contributed by atoms with Gasteiger partial charge in [-0.15, -0.1) is 0 Å². The van der Waals surface area contributed by atoms with Gasteiger partial charge in [0.15, 0.2) is 0 Å². The van der Waals surface area contributed by atoms with Gasteiger partial charge < -0.3 is 10.2 Å². The van der Waals surface area contributed by atoms with E-state index in [1.54, 1.807) is 0 Å². The van der Waals surface area contributed by atoms with E-state index in [0.717, 1.165) is 19.4 Å². The number of hydrogen-bond donors (Lipinski definition) is 1. The van der Waals surface area contributed by atoms with E-state index in [2.05, 4.69) is 57.3 Å². The van der Waals surface area contributed by atoms with Crippen molar-refractivity contribution in [2.75, 3.05) is 6.54 Å². The minimum atomic E-state index is -0.0191. The molecular formula is C17H26N2O. The lowest BCUT2D eigenvalue weighted by atomic mass is 10.1. The standard InChI is InChI=1S/C17H26N2O/c1-13-5-7-14(8-6-13)12-19(15-9-10-15)16(20)11-18-17(2,3)4/h5-8,15,18H,9-12H2,1-4H3. The molecule has 2 rings (SSSR count). The molecule has 20 heavy (non-hydrogen) atoms. The first-order chi connectivity index (χ1) is 9.35. The highest BCUT2D eigenvalue weighted by Crippen LogP contribution is 2.28. The quantitative estimate of drug-likeness (QED) is 0.895. The summed E-state index contributed by atoms with van der Waals surface area (Å²) in [6.07, 6.45) is 2.29. The lowest BCUT2D eigenvalue weighted by Crippen LogP contribution is -2.45. The Morgan fingerprint density at radius 1 is 1.25 bits per heavy atom. The van der Waals surface area contributed by atoms with Crippen molar-refractivity contribution >= 4 is 5.91 Å². The molecule has 0 saturated heterocycles. The van der Waals surface area contributed by atoms with Crippen LogP contribution in [0.5, 0.6) is 0 Å². The molecule has 0 radical (unpaired) electrons. The Bertz CT molecular complexity index is 455. The summed E-state index contributed by atoms with van der Waals surface area (Å²) >= 11 is 0. The van der Waals surface area contributed by atoms with E-state index in [4.69, 9.17) is 0 Å². The first-order valence-corrected chi connectivity index (χ1v) is 7.45. The first-order valence-electron chi connectivity index (χ1n) is 7.45. The molecule has 1 aromatic rings. The van der Waals surface area contributed by atoms with Gasteiger partial charge in [-0.1, -0.05) is 29.8 Å². The number of amides is 1. The lowest BCUT2D eigenvalue weighted by Gasteiger charge is -2.26. The van der Waals surface area contributed by atoms with Crippen molar-refractivity contribution in [1.29, 1.82) is 0 Å². The highest BCUT2D eigenvalue weighted by atomic mass is 16.2. The van der Waals surface area contributed by atoms with Crippen LogP contribution in [0.2, 0.25) is 0 Å². The maximum absolute atomic E-state index is 12.4. The third-order valence-electron chi connectivity index (χ3n) is 3.55. The van der Waals surface area contributed by atoms with Crippen LogP contribution in [0.25, 0.3) is 0 Å². The molecule has 1 aliphatic carbocycles. The molecule has 0 aromatic heterocycles. The molecule has 110 valence electrons. The van der Waals surface area contributed by atoms with Crippen molar-refractivity contribution in [3.05, 3.63) is 35.4 Å². The van der Waals surface area contributed by atoms with E-state index in [-0.39, 0.29) is 11.4 Å². The van der Waals surface area contributed by atoms with Crippen LogP contribution in [0.3, 0.4) is 0 Å². The molecule has 0 atom stereocenters. The molecule has 0 spiro atoms. The molecule has 0 aliphatic heterocycles. The van der Waals surface area contributed by atoms with E-state index in [1.807, 2.05) is 4.90 Å². The van der Waals surface area contributed by atoms with E-state index < -0.39 is 0 Å². The van der Waals surface area contributed by atoms with Gasteiger partial charge in [0.2, 0.25) is 5.91 Å². The fourth-order valence-electron chi connectivity index (χ4n) is 2.14. The Morgan fingerprint density at radius 2 is 1.85 bits per heavy atom. The summed E-state index contributed by atoms with van der Waals surface area (Å²) in [4.78, 5) is 14.4. The second-order valence-electron chi connectivity index (χ2n) is 6.84. The zero-order valence-corrected chi connectivity index (χ0v) is 13.1. The first kappa shape index (κ1) is 15.0. The summed E-state index contributed by atoms with van der Waals surface area (Å²) in [7, 11) is 0. The molecule has 0 bridgehead atoms. The fourth-order valence-corrected chi connectivity index (χ4v) is 2.14. The third kappa shape index (κ3) is 4.64. The SMILES string of the molecule is Cc1ccc(CN(C(=O)CNC(C)(C)C)C2CC2)cc1. The van der Waals surface area contributed by atoms with Crippen LogP contribution in [-0.2, 0) is 11.3 Å². The number of hydrogen-bond acceptors (Lipinski definition) is 2. The van der Waals surface area contributed by atoms with Crippen molar-refractivity contribution in [2.24, 2.45) is 0 Å². The Morgan fingerprint density at radius 3 is 2.35 bits per heavy atom. The zero-order valence-electron chi connectivity index (χ0n) is 13.1. The average Bonchev–Trinajstić information content (AvgIpc) is 3.18. The number of benzene rings is 1. The van der Waals surface area contributed by atoms with Crippen LogP contribution in [-0.4, -0.2) is 28.9 Å². The highest BCUT2D eigenvalue weighted by molar-refractivity contribution is 5.79. The van der Waals surface area contributed by atoms with Crippen LogP contribution in [0.4, 0.5) is 0 Å². The smallest absolute Gasteiger partial charge is 0.237 e. The second-order valence-corrected chi connectivity index (χ2v) is 6.84. The number of nitrogens with one attached hydrogen (secondary N) is 1. The van der Waals surface area contributed by atoms with Gasteiger partial charge in [-0.05, 0) is 46.1 Å². The molecule has 1 saturated carbocycles. The molecular weight excluding hydrogens is 248 g/mol. The number of carbonyl (C=O) groups excluding carboxylic acids is 1. The summed E-state index contributed by atoms with van der Waals surface area (Å²) in [6, 6.07) is 8.91. The van der Waals surface area contributed by atoms with Crippen LogP contribution >= 0.6 is 0 Å². The highest BCUT2D eigenvalue weighted by Gasteiger charge is 2.32. The Hall–Kier alpha value is -1.35. The topological polar surface area (TPSA) is 32.3 Å². The molecule has 0 heterocycles. The number of aryl methyl sites for hydroxylation is 1. The van der Waals surface area contributed by atoms with Crippen LogP contribution in [0.15, 0.2) is 24.3 Å². The zero-order chi connectivity index (χ0) is 14.8. The fraction of sp³-hybridized carbons (Fsp3) is 0.588. The molecule has 3 nitrogen and oxygen atoms in total. The number of carbonyl (C=O) groups is 1. The largest absolute Gasteiger partial charge is 0.334 e. The minimum Gasteiger partial charge on any atom is -0.334 e. The second kappa shape index (κ2) is 5.96. The molecule has 1 aliphatic rings. The minimum absolute atomic E-state index is 0.0191. The summed E-state index contributed by atoms with van der Waals surface area (Å²) < 4.78 is 0. The third-order valence-corrected chi connectivity index (χ3v) is 3.55. The maximum Gasteiger partial charge on any atom is 0.237 e. The predicted molar refractivity (Wildman–Crippen MR) is 82.5 cm³/mol. The van der Waals surface area contributed by atoms with E-state index in [9.17, 15) is 4.79 Å². The molecule has 1 fully saturated rings. The average molecular weight is 274 g/mol. The van der Waals surface area contributed by atoms with Gasteiger partial charge in [-0.2, -0.15) is 0 Å². The van der Waals surface area contributed by atoms with E-state index in [0.29, 0.717) is 12.6 Å². The number of rotatable bonds is 5. The Balaban J connectivity index is 1.96. The van der Waals surface area contributed by atoms with E-state index in [1.165, 1.54) is 11.1 Å². The Labute approximate surface area is 122 Å². The monoisotopic (exact) mass is 274 g/mol. The molecule has 0 unspecified atom stereocenters. The van der Waals surface area contributed by atoms with Gasteiger partial charge in [-0.25, -0.2) is 0 Å². The molecule has 1 amide bonds. The van der Waals surface area contributed by atoms with E-state index >= 15 is 0 Å². The van der Waals surface area contributed by atoms with Crippen LogP contribution in [0, 0.1) is 6.92 Å². The van der Waals surface area contributed by atoms with Crippen molar-refractivity contribution in [1.82, 2.24) is 10.2 Å². The van der Waals surface area contributed by atoms with Crippen molar-refractivity contribution in [3.63, 3.8) is 0 Å². The number of nitrogens with zero attached hydrogens (tertiary/aromatic N) is 1. The van der Waals surface area contributed by atoms with Gasteiger partial charge in [0.1, 0.15) is 0 Å². The van der Waals surface area contributed by atoms with Crippen molar-refractivity contribution in [3.8, 4) is 0 Å². The van der Waals surface area contributed by atoms with Crippen LogP contribution < -0.4 is 5.32 Å². The van der Waals surface area contributed by atoms with Gasteiger partial charge in [0, 0.05) is 18.1 Å². The van der Waals surface area contributed by atoms with Gasteiger partial charge in [0.25, 0.3) is 0 Å². The summed E-state index contributed by atoms with van der Waals surface area (Å²) in [6.45, 7) is 9.49. The Kier molecular flexibility index (Phi) is 4.48. The normalized spacial score (nSPS) is 15.2. The van der Waals surface area contributed by atoms with Gasteiger partial charge >= 0.3 is 0 Å². The van der Waals surface area contributed by atoms with Gasteiger partial charge in [-0.3, -0.25) is 4.79 Å². The molecule has 1 N–H and O–H groups in total. The maximum atomic E-state index is 12.4. The summed E-state index contributed by atoms with van der Waals surface area (Å²) in [5.41, 5.74) is 2.45. The predicted octanol–water partition coefficient (Wildman–Crippen LogP) is 2.87. The van der Waals surface area contributed by atoms with Gasteiger partial charge in [0.05, 0.1) is 6.54 Å².